The minimum atomic E-state index is -0.513. The average Bonchev–Trinajstić information content (AvgIpc) is 2.86. The SMILES string of the molecule is Cc1ccc(C2Cn3cc([N+](=O)[O-])nc3O2)c(C)c1. The normalized spacial score (nSPS) is 17.1. The molecule has 19 heavy (non-hydrogen) atoms. The fraction of sp³-hybridized carbons (Fsp3) is 0.308. The average molecular weight is 259 g/mol. The minimum Gasteiger partial charge on any atom is -0.436 e. The van der Waals surface area contributed by atoms with E-state index in [9.17, 15) is 10.1 Å². The zero-order valence-corrected chi connectivity index (χ0v) is 10.7. The van der Waals surface area contributed by atoms with Crippen molar-refractivity contribution in [1.82, 2.24) is 9.55 Å². The lowest BCUT2D eigenvalue weighted by atomic mass is 10.0. The van der Waals surface area contributed by atoms with Crippen LogP contribution in [-0.2, 0) is 6.54 Å². The van der Waals surface area contributed by atoms with Crippen LogP contribution in [0.5, 0.6) is 6.01 Å². The smallest absolute Gasteiger partial charge is 0.415 e. The van der Waals surface area contributed by atoms with Crippen LogP contribution in [0.4, 0.5) is 5.82 Å². The molecule has 0 saturated heterocycles. The van der Waals surface area contributed by atoms with Gasteiger partial charge >= 0.3 is 11.8 Å². The van der Waals surface area contributed by atoms with Crippen LogP contribution in [0.3, 0.4) is 0 Å². The monoisotopic (exact) mass is 259 g/mol. The Morgan fingerprint density at radius 1 is 1.47 bits per heavy atom. The van der Waals surface area contributed by atoms with E-state index in [1.165, 1.54) is 11.8 Å². The first-order valence-electron chi connectivity index (χ1n) is 6.00. The quantitative estimate of drug-likeness (QED) is 0.613. The summed E-state index contributed by atoms with van der Waals surface area (Å²) in [5, 5.41) is 10.6. The van der Waals surface area contributed by atoms with Crippen molar-refractivity contribution in [2.45, 2.75) is 26.5 Å². The first kappa shape index (κ1) is 11.7. The number of imidazole rings is 1. The van der Waals surface area contributed by atoms with Crippen LogP contribution < -0.4 is 4.74 Å². The summed E-state index contributed by atoms with van der Waals surface area (Å²) >= 11 is 0. The molecule has 98 valence electrons. The van der Waals surface area contributed by atoms with Crippen molar-refractivity contribution in [3.8, 4) is 6.01 Å². The van der Waals surface area contributed by atoms with Gasteiger partial charge in [0.05, 0.1) is 6.54 Å². The fourth-order valence-electron chi connectivity index (χ4n) is 2.39. The summed E-state index contributed by atoms with van der Waals surface area (Å²) in [5.74, 6) is -0.172. The molecule has 0 saturated carbocycles. The maximum Gasteiger partial charge on any atom is 0.415 e. The molecular weight excluding hydrogens is 246 g/mol. The second kappa shape index (κ2) is 4.08. The second-order valence-corrected chi connectivity index (χ2v) is 4.76. The van der Waals surface area contributed by atoms with Crippen LogP contribution in [0.25, 0.3) is 0 Å². The summed E-state index contributed by atoms with van der Waals surface area (Å²) < 4.78 is 7.37. The lowest BCUT2D eigenvalue weighted by molar-refractivity contribution is -0.389. The fourth-order valence-corrected chi connectivity index (χ4v) is 2.39. The highest BCUT2D eigenvalue weighted by atomic mass is 16.6. The van der Waals surface area contributed by atoms with Gasteiger partial charge in [-0.2, -0.15) is 0 Å². The number of benzene rings is 1. The van der Waals surface area contributed by atoms with Gasteiger partial charge < -0.3 is 14.9 Å². The highest BCUT2D eigenvalue weighted by Gasteiger charge is 2.32. The number of hydrogen-bond donors (Lipinski definition) is 0. The van der Waals surface area contributed by atoms with Gasteiger partial charge in [-0.05, 0) is 29.9 Å². The molecule has 2 aromatic rings. The number of aromatic nitrogens is 2. The number of nitro groups is 1. The number of fused-ring (bicyclic) bond motifs is 1. The topological polar surface area (TPSA) is 70.2 Å². The summed E-state index contributed by atoms with van der Waals surface area (Å²) in [6.45, 7) is 4.63. The maximum absolute atomic E-state index is 10.6. The van der Waals surface area contributed by atoms with Crippen LogP contribution in [0, 0.1) is 24.0 Å². The van der Waals surface area contributed by atoms with E-state index in [1.807, 2.05) is 26.0 Å². The van der Waals surface area contributed by atoms with Gasteiger partial charge in [0.15, 0.2) is 0 Å². The summed E-state index contributed by atoms with van der Waals surface area (Å²) in [4.78, 5) is 14.0. The van der Waals surface area contributed by atoms with E-state index in [0.29, 0.717) is 12.6 Å². The third-order valence-corrected chi connectivity index (χ3v) is 3.30. The molecule has 0 bridgehead atoms. The molecule has 1 aromatic heterocycles. The molecule has 6 heteroatoms. The Balaban J connectivity index is 1.87. The number of nitrogens with zero attached hydrogens (tertiary/aromatic N) is 3. The molecular formula is C13H13N3O3. The van der Waals surface area contributed by atoms with E-state index < -0.39 is 4.92 Å². The minimum absolute atomic E-state index is 0.121. The molecule has 1 unspecified atom stereocenters. The van der Waals surface area contributed by atoms with E-state index in [-0.39, 0.29) is 11.9 Å². The Labute approximate surface area is 109 Å². The highest BCUT2D eigenvalue weighted by molar-refractivity contribution is 5.34. The third kappa shape index (κ3) is 1.95. The van der Waals surface area contributed by atoms with Crippen molar-refractivity contribution in [3.05, 3.63) is 51.2 Å². The van der Waals surface area contributed by atoms with E-state index in [4.69, 9.17) is 4.74 Å². The van der Waals surface area contributed by atoms with Crippen LogP contribution in [0.15, 0.2) is 24.4 Å². The first-order chi connectivity index (χ1) is 9.04. The van der Waals surface area contributed by atoms with Gasteiger partial charge in [-0.3, -0.25) is 4.57 Å². The van der Waals surface area contributed by atoms with E-state index >= 15 is 0 Å². The largest absolute Gasteiger partial charge is 0.436 e. The molecule has 1 aliphatic heterocycles. The van der Waals surface area contributed by atoms with Crippen molar-refractivity contribution in [1.29, 1.82) is 0 Å². The van der Waals surface area contributed by atoms with Crippen molar-refractivity contribution in [3.63, 3.8) is 0 Å². The summed E-state index contributed by atoms with van der Waals surface area (Å²) in [5.41, 5.74) is 3.46. The highest BCUT2D eigenvalue weighted by Crippen LogP contribution is 2.34. The van der Waals surface area contributed by atoms with Crippen molar-refractivity contribution >= 4 is 5.82 Å². The molecule has 0 radical (unpaired) electrons. The maximum atomic E-state index is 10.6. The molecule has 1 atom stereocenters. The molecule has 1 aliphatic rings. The predicted octanol–water partition coefficient (Wildman–Crippen LogP) is 2.54. The Hall–Kier alpha value is -2.37. The van der Waals surface area contributed by atoms with Gasteiger partial charge in [0.25, 0.3) is 0 Å². The van der Waals surface area contributed by atoms with Gasteiger partial charge in [-0.1, -0.05) is 23.8 Å². The Morgan fingerprint density at radius 2 is 2.26 bits per heavy atom. The molecule has 0 spiro atoms. The lowest BCUT2D eigenvalue weighted by Crippen LogP contribution is -2.07. The standard InChI is InChI=1S/C13H13N3O3/c1-8-3-4-10(9(2)5-8)11-6-15-7-12(16(17)18)14-13(15)19-11/h3-5,7,11H,6H2,1-2H3. The second-order valence-electron chi connectivity index (χ2n) is 4.76. The van der Waals surface area contributed by atoms with E-state index in [0.717, 1.165) is 11.1 Å². The number of aryl methyl sites for hydroxylation is 2. The van der Waals surface area contributed by atoms with Crippen LogP contribution in [0.1, 0.15) is 22.8 Å². The number of hydrogen-bond acceptors (Lipinski definition) is 4. The van der Waals surface area contributed by atoms with Gasteiger partial charge in [-0.15, -0.1) is 0 Å². The molecule has 3 rings (SSSR count). The van der Waals surface area contributed by atoms with Gasteiger partial charge in [0.2, 0.25) is 0 Å². The predicted molar refractivity (Wildman–Crippen MR) is 68.2 cm³/mol. The van der Waals surface area contributed by atoms with Crippen molar-refractivity contribution in [2.24, 2.45) is 0 Å². The zero-order valence-electron chi connectivity index (χ0n) is 10.7. The van der Waals surface area contributed by atoms with Gasteiger partial charge in [-0.25, -0.2) is 0 Å². The third-order valence-electron chi connectivity index (χ3n) is 3.30. The van der Waals surface area contributed by atoms with E-state index in [1.54, 1.807) is 4.57 Å². The van der Waals surface area contributed by atoms with Crippen LogP contribution in [0.2, 0.25) is 0 Å². The van der Waals surface area contributed by atoms with Crippen molar-refractivity contribution < 1.29 is 9.66 Å². The summed E-state index contributed by atoms with van der Waals surface area (Å²) in [6.07, 6.45) is 1.29. The van der Waals surface area contributed by atoms with Crippen LogP contribution in [-0.4, -0.2) is 14.5 Å². The number of ether oxygens (including phenoxy) is 1. The first-order valence-corrected chi connectivity index (χ1v) is 6.00. The zero-order chi connectivity index (χ0) is 13.6. The molecule has 0 fully saturated rings. The Morgan fingerprint density at radius 3 is 2.89 bits per heavy atom. The molecule has 0 aliphatic carbocycles. The molecule has 2 heterocycles. The molecule has 1 aromatic carbocycles. The van der Waals surface area contributed by atoms with E-state index in [2.05, 4.69) is 11.1 Å². The van der Waals surface area contributed by atoms with Crippen LogP contribution >= 0.6 is 0 Å². The Kier molecular flexibility index (Phi) is 2.51. The van der Waals surface area contributed by atoms with Gasteiger partial charge in [0, 0.05) is 4.98 Å². The lowest BCUT2D eigenvalue weighted by Gasteiger charge is -2.12. The summed E-state index contributed by atoms with van der Waals surface area (Å²) in [6, 6.07) is 6.49. The molecule has 0 amide bonds. The Bertz CT molecular complexity index is 640. The van der Waals surface area contributed by atoms with Crippen molar-refractivity contribution in [2.75, 3.05) is 0 Å². The van der Waals surface area contributed by atoms with Gasteiger partial charge in [0.1, 0.15) is 12.3 Å². The summed E-state index contributed by atoms with van der Waals surface area (Å²) in [7, 11) is 0. The number of rotatable bonds is 2. The molecule has 0 N–H and O–H groups in total. The molecule has 6 nitrogen and oxygen atoms in total.